The van der Waals surface area contributed by atoms with Crippen LogP contribution in [0.3, 0.4) is 0 Å². The Morgan fingerprint density at radius 3 is 2.53 bits per heavy atom. The number of halogens is 3. The zero-order chi connectivity index (χ0) is 22.9. The number of alkyl halides is 3. The number of cyclic esters (lactones) is 1. The molecule has 2 heterocycles. The van der Waals surface area contributed by atoms with Crippen LogP contribution < -0.4 is 5.32 Å². The lowest BCUT2D eigenvalue weighted by Gasteiger charge is -2.29. The molecule has 2 aliphatic heterocycles. The molecule has 2 aromatic rings. The maximum Gasteiger partial charge on any atom is 0.513 e. The predicted molar refractivity (Wildman–Crippen MR) is 106 cm³/mol. The van der Waals surface area contributed by atoms with E-state index in [-0.39, 0.29) is 35.8 Å². The van der Waals surface area contributed by atoms with Crippen LogP contribution in [-0.2, 0) is 31.8 Å². The summed E-state index contributed by atoms with van der Waals surface area (Å²) in [6.45, 7) is 1.34. The molecule has 0 aromatic heterocycles. The lowest BCUT2D eigenvalue weighted by molar-refractivity contribution is -0.139. The summed E-state index contributed by atoms with van der Waals surface area (Å²) in [6, 6.07) is 13.7. The van der Waals surface area contributed by atoms with E-state index in [0.717, 1.165) is 6.07 Å². The fourth-order valence-electron chi connectivity index (χ4n) is 3.72. The lowest BCUT2D eigenvalue weighted by atomic mass is 9.83. The van der Waals surface area contributed by atoms with Gasteiger partial charge in [0.2, 0.25) is 0 Å². The van der Waals surface area contributed by atoms with Gasteiger partial charge in [-0.25, -0.2) is 9.59 Å². The lowest BCUT2D eigenvalue weighted by Crippen LogP contribution is -2.29. The molecule has 4 rings (SSSR count). The summed E-state index contributed by atoms with van der Waals surface area (Å²) in [5.41, 5.74) is 0.127. The molecule has 32 heavy (non-hydrogen) atoms. The van der Waals surface area contributed by atoms with Gasteiger partial charge in [0.1, 0.15) is 19.0 Å². The first-order valence-corrected chi connectivity index (χ1v) is 9.68. The van der Waals surface area contributed by atoms with Crippen molar-refractivity contribution in [1.82, 2.24) is 5.32 Å². The Morgan fingerprint density at radius 2 is 1.81 bits per heavy atom. The van der Waals surface area contributed by atoms with Crippen LogP contribution >= 0.6 is 0 Å². The minimum atomic E-state index is -4.68. The average Bonchev–Trinajstić information content (AvgIpc) is 3.13. The number of hydrogen-bond donors (Lipinski definition) is 1. The molecule has 0 fully saturated rings. The molecule has 2 aromatic carbocycles. The first-order chi connectivity index (χ1) is 15.3. The number of ether oxygens (including phenoxy) is 3. The van der Waals surface area contributed by atoms with Crippen LogP contribution in [0.4, 0.5) is 18.0 Å². The molecule has 1 atom stereocenters. The van der Waals surface area contributed by atoms with Gasteiger partial charge in [-0.15, -0.1) is 0 Å². The monoisotopic (exact) mass is 445 g/mol. The van der Waals surface area contributed by atoms with Gasteiger partial charge in [-0.3, -0.25) is 0 Å². The fraction of sp³-hybridized carbons (Fsp3) is 0.217. The molecule has 2 aliphatic rings. The zero-order valence-electron chi connectivity index (χ0n) is 16.9. The van der Waals surface area contributed by atoms with Crippen LogP contribution in [0.5, 0.6) is 0 Å². The highest BCUT2D eigenvalue weighted by molar-refractivity contribution is 5.95. The summed E-state index contributed by atoms with van der Waals surface area (Å²) in [4.78, 5) is 24.8. The number of carbonyl (C=O) groups excluding carboxylic acids is 2. The summed E-state index contributed by atoms with van der Waals surface area (Å²) in [6.07, 6.45) is -5.78. The van der Waals surface area contributed by atoms with Crippen molar-refractivity contribution in [1.29, 1.82) is 0 Å². The molecule has 9 heteroatoms. The largest absolute Gasteiger partial charge is 0.513 e. The highest BCUT2D eigenvalue weighted by Crippen LogP contribution is 2.45. The van der Waals surface area contributed by atoms with E-state index in [0.29, 0.717) is 11.3 Å². The SMILES string of the molecule is CC1=C(OC(=O)OCc2ccccc2)C(c2ccccc2C(F)(F)F)C2=C(COC2=O)N1. The van der Waals surface area contributed by atoms with Crippen LogP contribution in [0.2, 0.25) is 0 Å². The van der Waals surface area contributed by atoms with E-state index in [1.807, 2.05) is 0 Å². The van der Waals surface area contributed by atoms with Crippen LogP contribution in [-0.4, -0.2) is 18.7 Å². The number of benzene rings is 2. The zero-order valence-corrected chi connectivity index (χ0v) is 16.9. The number of allylic oxidation sites excluding steroid dienone is 2. The highest BCUT2D eigenvalue weighted by atomic mass is 19.4. The van der Waals surface area contributed by atoms with Gasteiger partial charge in [-0.2, -0.15) is 13.2 Å². The van der Waals surface area contributed by atoms with Gasteiger partial charge in [-0.1, -0.05) is 48.5 Å². The quantitative estimate of drug-likeness (QED) is 0.683. The van der Waals surface area contributed by atoms with Gasteiger partial charge in [0.15, 0.2) is 0 Å². The normalized spacial score (nSPS) is 18.1. The van der Waals surface area contributed by atoms with Crippen LogP contribution in [0.15, 0.2) is 77.3 Å². The third-order valence-corrected chi connectivity index (χ3v) is 5.12. The minimum Gasteiger partial charge on any atom is -0.456 e. The molecular weight excluding hydrogens is 427 g/mol. The molecule has 0 bridgehead atoms. The van der Waals surface area contributed by atoms with Crippen molar-refractivity contribution in [3.05, 3.63) is 94.0 Å². The van der Waals surface area contributed by atoms with E-state index in [2.05, 4.69) is 5.32 Å². The van der Waals surface area contributed by atoms with Crippen molar-refractivity contribution in [2.45, 2.75) is 25.6 Å². The first-order valence-electron chi connectivity index (χ1n) is 9.68. The van der Waals surface area contributed by atoms with Crippen molar-refractivity contribution in [3.8, 4) is 0 Å². The topological polar surface area (TPSA) is 73.9 Å². The van der Waals surface area contributed by atoms with E-state index in [1.165, 1.54) is 25.1 Å². The summed E-state index contributed by atoms with van der Waals surface area (Å²) < 4.78 is 56.7. The predicted octanol–water partition coefficient (Wildman–Crippen LogP) is 4.79. The van der Waals surface area contributed by atoms with Crippen molar-refractivity contribution < 1.29 is 37.0 Å². The second kappa shape index (κ2) is 8.41. The van der Waals surface area contributed by atoms with Crippen LogP contribution in [0, 0.1) is 0 Å². The van der Waals surface area contributed by atoms with Gasteiger partial charge < -0.3 is 19.5 Å². The van der Waals surface area contributed by atoms with Gasteiger partial charge in [0, 0.05) is 0 Å². The molecular formula is C23H18F3NO5. The van der Waals surface area contributed by atoms with Gasteiger partial charge >= 0.3 is 18.3 Å². The van der Waals surface area contributed by atoms with E-state index < -0.39 is 29.8 Å². The van der Waals surface area contributed by atoms with Crippen molar-refractivity contribution in [2.24, 2.45) is 0 Å². The Bertz CT molecular complexity index is 1120. The maximum absolute atomic E-state index is 13.7. The summed E-state index contributed by atoms with van der Waals surface area (Å²) >= 11 is 0. The third-order valence-electron chi connectivity index (χ3n) is 5.12. The third kappa shape index (κ3) is 4.18. The number of hydrogen-bond acceptors (Lipinski definition) is 6. The smallest absolute Gasteiger partial charge is 0.456 e. The Kier molecular flexibility index (Phi) is 5.65. The number of nitrogens with one attached hydrogen (secondary N) is 1. The van der Waals surface area contributed by atoms with Gasteiger partial charge in [-0.05, 0) is 24.1 Å². The summed E-state index contributed by atoms with van der Waals surface area (Å²) in [5, 5.41) is 2.90. The van der Waals surface area contributed by atoms with Crippen molar-refractivity contribution in [3.63, 3.8) is 0 Å². The minimum absolute atomic E-state index is 0.0295. The molecule has 6 nitrogen and oxygen atoms in total. The molecule has 0 amide bonds. The molecule has 0 saturated heterocycles. The van der Waals surface area contributed by atoms with E-state index in [4.69, 9.17) is 14.2 Å². The Hall–Kier alpha value is -3.75. The second-order valence-corrected chi connectivity index (χ2v) is 7.23. The average molecular weight is 445 g/mol. The Balaban J connectivity index is 1.68. The number of rotatable bonds is 4. The second-order valence-electron chi connectivity index (χ2n) is 7.23. The molecule has 1 N–H and O–H groups in total. The molecule has 166 valence electrons. The molecule has 0 saturated carbocycles. The number of carbonyl (C=O) groups is 2. The standard InChI is InChI=1S/C23H18F3NO5/c1-13-20(32-22(29)31-11-14-7-3-2-4-8-14)18(19-17(27-13)12-30-21(19)28)15-9-5-6-10-16(15)23(24,25)26/h2-10,18,27H,11-12H2,1H3. The number of dihydropyridines is 1. The van der Waals surface area contributed by atoms with E-state index >= 15 is 0 Å². The molecule has 0 radical (unpaired) electrons. The molecule has 0 spiro atoms. The first kappa shape index (κ1) is 21.5. The molecule has 0 aliphatic carbocycles. The highest BCUT2D eigenvalue weighted by Gasteiger charge is 2.45. The maximum atomic E-state index is 13.7. The van der Waals surface area contributed by atoms with E-state index in [9.17, 15) is 22.8 Å². The Morgan fingerprint density at radius 1 is 1.12 bits per heavy atom. The van der Waals surface area contributed by atoms with E-state index in [1.54, 1.807) is 30.3 Å². The summed E-state index contributed by atoms with van der Waals surface area (Å²) in [7, 11) is 0. The van der Waals surface area contributed by atoms with Crippen LogP contribution in [0.1, 0.15) is 29.5 Å². The Labute approximate surface area is 181 Å². The van der Waals surface area contributed by atoms with Crippen LogP contribution in [0.25, 0.3) is 0 Å². The van der Waals surface area contributed by atoms with Crippen molar-refractivity contribution >= 4 is 12.1 Å². The molecule has 1 unspecified atom stereocenters. The van der Waals surface area contributed by atoms with Gasteiger partial charge in [0.25, 0.3) is 0 Å². The van der Waals surface area contributed by atoms with Gasteiger partial charge in [0.05, 0.1) is 28.4 Å². The fourth-order valence-corrected chi connectivity index (χ4v) is 3.72. The summed E-state index contributed by atoms with van der Waals surface area (Å²) in [5.74, 6) is -2.22. The van der Waals surface area contributed by atoms with Crippen molar-refractivity contribution in [2.75, 3.05) is 6.61 Å². The number of esters is 1.